The lowest BCUT2D eigenvalue weighted by Gasteiger charge is -2.10. The van der Waals surface area contributed by atoms with Crippen LogP contribution in [0.2, 0.25) is 0 Å². The van der Waals surface area contributed by atoms with Crippen LogP contribution in [-0.2, 0) is 4.74 Å². The van der Waals surface area contributed by atoms with Crippen LogP contribution in [0.3, 0.4) is 0 Å². The number of hydrogen-bond donors (Lipinski definition) is 1. The highest BCUT2D eigenvalue weighted by Gasteiger charge is 2.12. The molecule has 138 valence electrons. The number of benzene rings is 1. The van der Waals surface area contributed by atoms with Gasteiger partial charge < -0.3 is 14.6 Å². The summed E-state index contributed by atoms with van der Waals surface area (Å²) in [6.45, 7) is 3.65. The van der Waals surface area contributed by atoms with E-state index in [1.54, 1.807) is 6.07 Å². The van der Waals surface area contributed by atoms with E-state index >= 15 is 0 Å². The van der Waals surface area contributed by atoms with Crippen LogP contribution >= 0.6 is 0 Å². The molecule has 0 amide bonds. The number of carboxylic acid groups (broad SMARTS) is 1. The highest BCUT2D eigenvalue weighted by molar-refractivity contribution is 5.91. The first-order valence-corrected chi connectivity index (χ1v) is 9.17. The van der Waals surface area contributed by atoms with Gasteiger partial charge in [0.25, 0.3) is 0 Å². The standard InChI is InChI=1S/C20H29NO4/c1-2-3-4-5-6-7-8-9-12-24-13-14-25-19-11-10-17(16-21)15-18(19)20(22)23/h10-11,15H,2-9,12-14H2,1H3,(H,22,23). The van der Waals surface area contributed by atoms with Crippen LogP contribution in [0.15, 0.2) is 18.2 Å². The first kappa shape index (κ1) is 21.0. The fraction of sp³-hybridized carbons (Fsp3) is 0.600. The minimum Gasteiger partial charge on any atom is -0.490 e. The predicted octanol–water partition coefficient (Wildman–Crippen LogP) is 4.79. The molecule has 0 aliphatic heterocycles. The normalized spacial score (nSPS) is 10.4. The maximum absolute atomic E-state index is 11.2. The molecule has 0 aliphatic carbocycles. The molecule has 1 aromatic carbocycles. The lowest BCUT2D eigenvalue weighted by Crippen LogP contribution is -2.10. The Balaban J connectivity index is 2.10. The third-order valence-electron chi connectivity index (χ3n) is 3.97. The van der Waals surface area contributed by atoms with Gasteiger partial charge in [-0.15, -0.1) is 0 Å². The Kier molecular flexibility index (Phi) is 11.1. The van der Waals surface area contributed by atoms with Gasteiger partial charge in [0.05, 0.1) is 18.2 Å². The van der Waals surface area contributed by atoms with Crippen molar-refractivity contribution in [2.24, 2.45) is 0 Å². The third-order valence-corrected chi connectivity index (χ3v) is 3.97. The zero-order chi connectivity index (χ0) is 18.3. The van der Waals surface area contributed by atoms with Gasteiger partial charge in [-0.05, 0) is 24.6 Å². The average molecular weight is 347 g/mol. The van der Waals surface area contributed by atoms with Gasteiger partial charge in [0.1, 0.15) is 17.9 Å². The molecule has 0 spiro atoms. The number of aromatic carboxylic acids is 1. The van der Waals surface area contributed by atoms with Crippen molar-refractivity contribution in [3.8, 4) is 11.8 Å². The summed E-state index contributed by atoms with van der Waals surface area (Å²) < 4.78 is 11.0. The minimum atomic E-state index is -1.10. The van der Waals surface area contributed by atoms with Crippen molar-refractivity contribution < 1.29 is 19.4 Å². The predicted molar refractivity (Wildman–Crippen MR) is 97.0 cm³/mol. The van der Waals surface area contributed by atoms with E-state index in [-0.39, 0.29) is 11.3 Å². The summed E-state index contributed by atoms with van der Waals surface area (Å²) in [7, 11) is 0. The van der Waals surface area contributed by atoms with Crippen molar-refractivity contribution in [3.05, 3.63) is 29.3 Å². The number of carboxylic acids is 1. The van der Waals surface area contributed by atoms with Crippen LogP contribution in [0, 0.1) is 11.3 Å². The molecule has 0 atom stereocenters. The summed E-state index contributed by atoms with van der Waals surface area (Å²) in [5, 5.41) is 18.0. The van der Waals surface area contributed by atoms with Crippen molar-refractivity contribution in [2.75, 3.05) is 19.8 Å². The van der Waals surface area contributed by atoms with Gasteiger partial charge >= 0.3 is 5.97 Å². The molecule has 0 heterocycles. The molecule has 0 saturated carbocycles. The molecule has 1 N–H and O–H groups in total. The number of nitrogens with zero attached hydrogens (tertiary/aromatic N) is 1. The van der Waals surface area contributed by atoms with Crippen molar-refractivity contribution in [1.29, 1.82) is 5.26 Å². The van der Waals surface area contributed by atoms with Crippen LogP contribution in [-0.4, -0.2) is 30.9 Å². The van der Waals surface area contributed by atoms with E-state index in [1.807, 2.05) is 6.07 Å². The summed E-state index contributed by atoms with van der Waals surface area (Å²) in [4.78, 5) is 11.2. The first-order valence-electron chi connectivity index (χ1n) is 9.17. The highest BCUT2D eigenvalue weighted by atomic mass is 16.5. The zero-order valence-corrected chi connectivity index (χ0v) is 15.1. The summed E-state index contributed by atoms with van der Waals surface area (Å²) in [5.41, 5.74) is 0.304. The van der Waals surface area contributed by atoms with E-state index in [2.05, 4.69) is 6.92 Å². The Hall–Kier alpha value is -2.06. The summed E-state index contributed by atoms with van der Waals surface area (Å²) in [5.74, 6) is -0.839. The van der Waals surface area contributed by atoms with Crippen LogP contribution < -0.4 is 4.74 Å². The third kappa shape index (κ3) is 9.11. The summed E-state index contributed by atoms with van der Waals surface area (Å²) >= 11 is 0. The summed E-state index contributed by atoms with van der Waals surface area (Å²) in [6.07, 6.45) is 10.1. The Labute approximate surface area is 150 Å². The van der Waals surface area contributed by atoms with E-state index < -0.39 is 5.97 Å². The highest BCUT2D eigenvalue weighted by Crippen LogP contribution is 2.20. The largest absolute Gasteiger partial charge is 0.490 e. The fourth-order valence-electron chi connectivity index (χ4n) is 2.54. The lowest BCUT2D eigenvalue weighted by atomic mass is 10.1. The van der Waals surface area contributed by atoms with E-state index in [4.69, 9.17) is 19.8 Å². The molecule has 0 aromatic heterocycles. The van der Waals surface area contributed by atoms with Gasteiger partial charge in [-0.25, -0.2) is 4.79 Å². The maximum Gasteiger partial charge on any atom is 0.339 e. The minimum absolute atomic E-state index is 0.00197. The number of carbonyl (C=O) groups is 1. The smallest absolute Gasteiger partial charge is 0.339 e. The number of nitriles is 1. The summed E-state index contributed by atoms with van der Waals surface area (Å²) in [6, 6.07) is 6.30. The molecule has 0 fully saturated rings. The number of rotatable bonds is 14. The Morgan fingerprint density at radius 2 is 1.72 bits per heavy atom. The van der Waals surface area contributed by atoms with Crippen LogP contribution in [0.5, 0.6) is 5.75 Å². The maximum atomic E-state index is 11.2. The molecular weight excluding hydrogens is 318 g/mol. The topological polar surface area (TPSA) is 79.5 Å². The molecule has 0 radical (unpaired) electrons. The molecule has 0 bridgehead atoms. The molecule has 5 heteroatoms. The van der Waals surface area contributed by atoms with Crippen LogP contribution in [0.4, 0.5) is 0 Å². The van der Waals surface area contributed by atoms with E-state index in [0.29, 0.717) is 25.4 Å². The van der Waals surface area contributed by atoms with Gasteiger partial charge in [0, 0.05) is 6.61 Å². The van der Waals surface area contributed by atoms with Gasteiger partial charge in [0.15, 0.2) is 0 Å². The molecule has 0 saturated heterocycles. The molecular formula is C20H29NO4. The van der Waals surface area contributed by atoms with Gasteiger partial charge in [-0.3, -0.25) is 0 Å². The second-order valence-corrected chi connectivity index (χ2v) is 6.06. The molecule has 25 heavy (non-hydrogen) atoms. The lowest BCUT2D eigenvalue weighted by molar-refractivity contribution is 0.0684. The first-order chi connectivity index (χ1) is 12.2. The van der Waals surface area contributed by atoms with E-state index in [1.165, 1.54) is 57.1 Å². The molecule has 1 aromatic rings. The van der Waals surface area contributed by atoms with Crippen molar-refractivity contribution in [2.45, 2.75) is 58.3 Å². The van der Waals surface area contributed by atoms with Crippen molar-refractivity contribution >= 4 is 5.97 Å². The van der Waals surface area contributed by atoms with Crippen molar-refractivity contribution in [3.63, 3.8) is 0 Å². The SMILES string of the molecule is CCCCCCCCCCOCCOc1ccc(C#N)cc1C(=O)O. The van der Waals surface area contributed by atoms with Gasteiger partial charge in [0.2, 0.25) is 0 Å². The molecule has 5 nitrogen and oxygen atoms in total. The van der Waals surface area contributed by atoms with Gasteiger partial charge in [-0.1, -0.05) is 51.9 Å². The Bertz CT molecular complexity index is 551. The van der Waals surface area contributed by atoms with Gasteiger partial charge in [-0.2, -0.15) is 5.26 Å². The number of unbranched alkanes of at least 4 members (excludes halogenated alkanes) is 7. The fourth-order valence-corrected chi connectivity index (χ4v) is 2.54. The molecule has 0 aliphatic rings. The number of ether oxygens (including phenoxy) is 2. The monoisotopic (exact) mass is 347 g/mol. The van der Waals surface area contributed by atoms with E-state index in [0.717, 1.165) is 6.42 Å². The van der Waals surface area contributed by atoms with Crippen molar-refractivity contribution in [1.82, 2.24) is 0 Å². The van der Waals surface area contributed by atoms with Crippen LogP contribution in [0.1, 0.15) is 74.2 Å². The zero-order valence-electron chi connectivity index (χ0n) is 15.1. The van der Waals surface area contributed by atoms with Crippen LogP contribution in [0.25, 0.3) is 0 Å². The second kappa shape index (κ2) is 13.3. The average Bonchev–Trinajstić information content (AvgIpc) is 2.62. The molecule has 1 rings (SSSR count). The quantitative estimate of drug-likeness (QED) is 0.489. The molecule has 0 unspecified atom stereocenters. The number of hydrogen-bond acceptors (Lipinski definition) is 4. The second-order valence-electron chi connectivity index (χ2n) is 6.06. The Morgan fingerprint density at radius 1 is 1.04 bits per heavy atom. The Morgan fingerprint density at radius 3 is 2.36 bits per heavy atom. The van der Waals surface area contributed by atoms with E-state index in [9.17, 15) is 4.79 Å².